The van der Waals surface area contributed by atoms with Gasteiger partial charge in [0.15, 0.2) is 5.75 Å². The zero-order chi connectivity index (χ0) is 23.4. The summed E-state index contributed by atoms with van der Waals surface area (Å²) in [5, 5.41) is 13.4. The molecule has 0 bridgehead atoms. The van der Waals surface area contributed by atoms with Gasteiger partial charge in [-0.1, -0.05) is 12.1 Å². The van der Waals surface area contributed by atoms with Crippen LogP contribution in [-0.4, -0.2) is 64.9 Å². The van der Waals surface area contributed by atoms with E-state index in [-0.39, 0.29) is 16.9 Å². The number of aromatic nitrogens is 2. The first-order chi connectivity index (χ1) is 15.9. The molecule has 0 radical (unpaired) electrons. The van der Waals surface area contributed by atoms with Crippen LogP contribution in [0.25, 0.3) is 11.0 Å². The summed E-state index contributed by atoms with van der Waals surface area (Å²) < 4.78 is 19.8. The van der Waals surface area contributed by atoms with Crippen molar-refractivity contribution >= 4 is 16.9 Å². The molecular formula is C24H27FN4O4. The number of pyridine rings is 2. The number of benzene rings is 1. The summed E-state index contributed by atoms with van der Waals surface area (Å²) in [6.45, 7) is 4.38. The third-order valence-corrected chi connectivity index (χ3v) is 5.85. The van der Waals surface area contributed by atoms with Crippen molar-refractivity contribution in [3.63, 3.8) is 0 Å². The number of nitrogens with one attached hydrogen (secondary N) is 1. The molecule has 0 saturated carbocycles. The van der Waals surface area contributed by atoms with E-state index in [0.29, 0.717) is 31.7 Å². The lowest BCUT2D eigenvalue weighted by Gasteiger charge is -2.26. The number of halogens is 1. The summed E-state index contributed by atoms with van der Waals surface area (Å²) in [5.74, 6) is -1.35. The van der Waals surface area contributed by atoms with Crippen molar-refractivity contribution < 1.29 is 19.0 Å². The highest BCUT2D eigenvalue weighted by molar-refractivity contribution is 6.01. The molecule has 2 N–H and O–H groups in total. The predicted molar refractivity (Wildman–Crippen MR) is 122 cm³/mol. The third kappa shape index (κ3) is 5.20. The number of ether oxygens (including phenoxy) is 1. The minimum Gasteiger partial charge on any atom is -0.505 e. The number of fused-ring (bicyclic) bond motifs is 1. The van der Waals surface area contributed by atoms with Crippen molar-refractivity contribution in [2.75, 3.05) is 39.4 Å². The van der Waals surface area contributed by atoms with E-state index >= 15 is 0 Å². The Morgan fingerprint density at radius 2 is 1.94 bits per heavy atom. The Morgan fingerprint density at radius 1 is 1.21 bits per heavy atom. The molecule has 0 spiro atoms. The molecular weight excluding hydrogens is 427 g/mol. The van der Waals surface area contributed by atoms with Crippen LogP contribution >= 0.6 is 0 Å². The fourth-order valence-corrected chi connectivity index (χ4v) is 3.99. The third-order valence-electron chi connectivity index (χ3n) is 5.85. The lowest BCUT2D eigenvalue weighted by molar-refractivity contribution is 0.0374. The van der Waals surface area contributed by atoms with E-state index in [1.807, 2.05) is 0 Å². The highest BCUT2D eigenvalue weighted by Crippen LogP contribution is 2.25. The molecule has 1 aromatic carbocycles. The van der Waals surface area contributed by atoms with Gasteiger partial charge >= 0.3 is 0 Å². The Kier molecular flexibility index (Phi) is 7.00. The number of morpholine rings is 1. The van der Waals surface area contributed by atoms with Crippen LogP contribution in [0.15, 0.2) is 41.3 Å². The number of rotatable bonds is 7. The highest BCUT2D eigenvalue weighted by Gasteiger charge is 2.22. The van der Waals surface area contributed by atoms with Crippen LogP contribution < -0.4 is 10.9 Å². The standard InChI is InChI=1S/C24H27FN4O4/c1-28-19-14-17(13-16-3-5-18(25)6-4-16)15-27-21(19)22(30)20(24(28)32)23(31)26-7-2-8-29-9-11-33-12-10-29/h3-6,14-15,30H,2,7-13H2,1H3,(H,26,31). The van der Waals surface area contributed by atoms with Crippen LogP contribution in [0.4, 0.5) is 4.39 Å². The van der Waals surface area contributed by atoms with Gasteiger partial charge in [-0.25, -0.2) is 4.39 Å². The summed E-state index contributed by atoms with van der Waals surface area (Å²) >= 11 is 0. The van der Waals surface area contributed by atoms with Gasteiger partial charge in [0, 0.05) is 32.9 Å². The Labute approximate surface area is 190 Å². The SMILES string of the molecule is Cn1c(=O)c(C(=O)NCCCN2CCOCC2)c(O)c2ncc(Cc3ccc(F)cc3)cc21. The van der Waals surface area contributed by atoms with E-state index in [2.05, 4.69) is 15.2 Å². The average Bonchev–Trinajstić information content (AvgIpc) is 2.82. The van der Waals surface area contributed by atoms with Crippen LogP contribution in [0.1, 0.15) is 27.9 Å². The number of carbonyl (C=O) groups is 1. The molecule has 0 atom stereocenters. The molecule has 9 heteroatoms. The highest BCUT2D eigenvalue weighted by atomic mass is 19.1. The van der Waals surface area contributed by atoms with Crippen molar-refractivity contribution in [2.45, 2.75) is 12.8 Å². The molecule has 1 amide bonds. The molecule has 33 heavy (non-hydrogen) atoms. The number of nitrogens with zero attached hydrogens (tertiary/aromatic N) is 3. The molecule has 1 aliphatic heterocycles. The number of hydrogen-bond acceptors (Lipinski definition) is 6. The molecule has 1 fully saturated rings. The molecule has 4 rings (SSSR count). The molecule has 0 unspecified atom stereocenters. The summed E-state index contributed by atoms with van der Waals surface area (Å²) in [6, 6.07) is 7.89. The number of carbonyl (C=O) groups excluding carboxylic acids is 1. The van der Waals surface area contributed by atoms with Gasteiger partial charge < -0.3 is 19.7 Å². The van der Waals surface area contributed by atoms with Crippen LogP contribution in [0.3, 0.4) is 0 Å². The molecule has 3 aromatic rings. The average molecular weight is 455 g/mol. The number of hydrogen-bond donors (Lipinski definition) is 2. The number of aromatic hydroxyl groups is 1. The second-order valence-electron chi connectivity index (χ2n) is 8.17. The van der Waals surface area contributed by atoms with Crippen molar-refractivity contribution in [3.05, 3.63) is 69.4 Å². The Hall–Kier alpha value is -3.30. The lowest BCUT2D eigenvalue weighted by Crippen LogP contribution is -2.38. The van der Waals surface area contributed by atoms with Gasteiger partial charge in [0.05, 0.1) is 18.7 Å². The molecule has 1 saturated heterocycles. The first-order valence-electron chi connectivity index (χ1n) is 11.0. The maximum Gasteiger partial charge on any atom is 0.267 e. The Morgan fingerprint density at radius 3 is 2.67 bits per heavy atom. The second-order valence-corrected chi connectivity index (χ2v) is 8.17. The Balaban J connectivity index is 1.49. The van der Waals surface area contributed by atoms with Gasteiger partial charge in [-0.15, -0.1) is 0 Å². The quantitative estimate of drug-likeness (QED) is 0.529. The normalized spacial score (nSPS) is 14.5. The summed E-state index contributed by atoms with van der Waals surface area (Å²) in [7, 11) is 1.54. The first kappa shape index (κ1) is 22.9. The summed E-state index contributed by atoms with van der Waals surface area (Å²) in [6.07, 6.45) is 2.80. The van der Waals surface area contributed by atoms with Crippen LogP contribution in [0.5, 0.6) is 5.75 Å². The molecule has 3 heterocycles. The van der Waals surface area contributed by atoms with Gasteiger partial charge in [-0.05, 0) is 48.7 Å². The molecule has 2 aromatic heterocycles. The van der Waals surface area contributed by atoms with Crippen molar-refractivity contribution in [2.24, 2.45) is 7.05 Å². The minimum atomic E-state index is -0.617. The Bertz CT molecular complexity index is 1200. The van der Waals surface area contributed by atoms with Gasteiger partial charge in [-0.3, -0.25) is 19.5 Å². The van der Waals surface area contributed by atoms with E-state index in [9.17, 15) is 19.1 Å². The summed E-state index contributed by atoms with van der Waals surface area (Å²) in [5.41, 5.74) is 1.38. The van der Waals surface area contributed by atoms with Gasteiger partial charge in [0.25, 0.3) is 11.5 Å². The van der Waals surface area contributed by atoms with Gasteiger partial charge in [0.1, 0.15) is 16.9 Å². The molecule has 0 aliphatic carbocycles. The molecule has 8 nitrogen and oxygen atoms in total. The van der Waals surface area contributed by atoms with Crippen LogP contribution in [0, 0.1) is 5.82 Å². The van der Waals surface area contributed by atoms with Crippen molar-refractivity contribution in [1.82, 2.24) is 19.8 Å². The largest absolute Gasteiger partial charge is 0.505 e. The monoisotopic (exact) mass is 454 g/mol. The maximum absolute atomic E-state index is 13.1. The van der Waals surface area contributed by atoms with Crippen molar-refractivity contribution in [3.8, 4) is 5.75 Å². The topological polar surface area (TPSA) is 96.7 Å². The fourth-order valence-electron chi connectivity index (χ4n) is 3.99. The van der Waals surface area contributed by atoms with Crippen LogP contribution in [0.2, 0.25) is 0 Å². The fraction of sp³-hybridized carbons (Fsp3) is 0.375. The maximum atomic E-state index is 13.1. The van der Waals surface area contributed by atoms with E-state index in [1.165, 1.54) is 16.7 Å². The van der Waals surface area contributed by atoms with Crippen LogP contribution in [-0.2, 0) is 18.2 Å². The lowest BCUT2D eigenvalue weighted by atomic mass is 10.1. The molecule has 1 aliphatic rings. The second kappa shape index (κ2) is 10.1. The summed E-state index contributed by atoms with van der Waals surface area (Å²) in [4.78, 5) is 32.1. The van der Waals surface area contributed by atoms with E-state index in [1.54, 1.807) is 31.4 Å². The van der Waals surface area contributed by atoms with Gasteiger partial charge in [-0.2, -0.15) is 0 Å². The predicted octanol–water partition coefficient (Wildman–Crippen LogP) is 1.82. The van der Waals surface area contributed by atoms with E-state index in [4.69, 9.17) is 4.74 Å². The molecule has 174 valence electrons. The smallest absolute Gasteiger partial charge is 0.267 e. The van der Waals surface area contributed by atoms with E-state index < -0.39 is 17.2 Å². The minimum absolute atomic E-state index is 0.179. The van der Waals surface area contributed by atoms with Crippen molar-refractivity contribution in [1.29, 1.82) is 0 Å². The van der Waals surface area contributed by atoms with E-state index in [0.717, 1.165) is 37.2 Å². The number of aryl methyl sites for hydroxylation is 1. The number of amides is 1. The zero-order valence-electron chi connectivity index (χ0n) is 18.5. The zero-order valence-corrected chi connectivity index (χ0v) is 18.5. The van der Waals surface area contributed by atoms with Gasteiger partial charge in [0.2, 0.25) is 0 Å². The first-order valence-corrected chi connectivity index (χ1v) is 11.0.